The lowest BCUT2D eigenvalue weighted by molar-refractivity contribution is 0.300. The highest BCUT2D eigenvalue weighted by Crippen LogP contribution is 2.27. The van der Waals surface area contributed by atoms with Crippen LogP contribution in [0, 0.1) is 5.82 Å². The molecule has 2 aromatic carbocycles. The van der Waals surface area contributed by atoms with Crippen molar-refractivity contribution in [1.82, 2.24) is 5.32 Å². The molecule has 0 atom stereocenters. The van der Waals surface area contributed by atoms with Crippen LogP contribution in [-0.4, -0.2) is 6.54 Å². The van der Waals surface area contributed by atoms with E-state index in [2.05, 4.69) is 5.32 Å². The Hall–Kier alpha value is -1.29. The van der Waals surface area contributed by atoms with E-state index in [4.69, 9.17) is 27.9 Å². The normalized spacial score (nSPS) is 10.7. The summed E-state index contributed by atoms with van der Waals surface area (Å²) in [6.07, 6.45) is 0. The summed E-state index contributed by atoms with van der Waals surface area (Å²) < 4.78 is 19.2. The Labute approximate surface area is 133 Å². The van der Waals surface area contributed by atoms with Gasteiger partial charge in [0.05, 0.1) is 5.02 Å². The summed E-state index contributed by atoms with van der Waals surface area (Å²) in [5, 5.41) is 4.10. The summed E-state index contributed by atoms with van der Waals surface area (Å²) in [6.45, 7) is 3.79. The molecule has 112 valence electrons. The molecular weight excluding hydrogens is 312 g/mol. The fourth-order valence-corrected chi connectivity index (χ4v) is 2.25. The van der Waals surface area contributed by atoms with Crippen LogP contribution < -0.4 is 10.1 Å². The Morgan fingerprint density at radius 2 is 1.95 bits per heavy atom. The topological polar surface area (TPSA) is 21.3 Å². The van der Waals surface area contributed by atoms with Crippen LogP contribution in [0.3, 0.4) is 0 Å². The van der Waals surface area contributed by atoms with Crippen molar-refractivity contribution in [2.45, 2.75) is 20.1 Å². The van der Waals surface area contributed by atoms with E-state index in [1.54, 1.807) is 18.2 Å². The Balaban J connectivity index is 2.02. The van der Waals surface area contributed by atoms with Crippen molar-refractivity contribution < 1.29 is 9.13 Å². The van der Waals surface area contributed by atoms with E-state index in [0.717, 1.165) is 18.7 Å². The highest BCUT2D eigenvalue weighted by atomic mass is 35.5. The molecule has 0 saturated carbocycles. The zero-order chi connectivity index (χ0) is 15.2. The molecule has 21 heavy (non-hydrogen) atoms. The molecule has 2 aromatic rings. The van der Waals surface area contributed by atoms with E-state index >= 15 is 0 Å². The first kappa shape index (κ1) is 16.1. The number of hydrogen-bond donors (Lipinski definition) is 1. The van der Waals surface area contributed by atoms with Gasteiger partial charge < -0.3 is 10.1 Å². The Morgan fingerprint density at radius 3 is 2.62 bits per heavy atom. The van der Waals surface area contributed by atoms with Gasteiger partial charge in [-0.3, -0.25) is 0 Å². The van der Waals surface area contributed by atoms with Gasteiger partial charge in [0, 0.05) is 17.1 Å². The van der Waals surface area contributed by atoms with Crippen LogP contribution in [0.4, 0.5) is 4.39 Å². The smallest absolute Gasteiger partial charge is 0.138 e. The van der Waals surface area contributed by atoms with Crippen molar-refractivity contribution in [1.29, 1.82) is 0 Å². The summed E-state index contributed by atoms with van der Waals surface area (Å²) in [7, 11) is 0. The molecule has 0 amide bonds. The molecular formula is C16H16Cl2FNO. The maximum absolute atomic E-state index is 13.7. The molecule has 0 radical (unpaired) electrons. The first-order valence-electron chi connectivity index (χ1n) is 6.66. The zero-order valence-corrected chi connectivity index (χ0v) is 13.1. The monoisotopic (exact) mass is 327 g/mol. The van der Waals surface area contributed by atoms with Crippen molar-refractivity contribution in [3.63, 3.8) is 0 Å². The lowest BCUT2D eigenvalue weighted by Crippen LogP contribution is -2.11. The largest absolute Gasteiger partial charge is 0.487 e. The quantitative estimate of drug-likeness (QED) is 0.821. The molecule has 0 aliphatic carbocycles. The van der Waals surface area contributed by atoms with Gasteiger partial charge in [0.25, 0.3) is 0 Å². The molecule has 0 aliphatic heterocycles. The minimum Gasteiger partial charge on any atom is -0.487 e. The van der Waals surface area contributed by atoms with Crippen LogP contribution in [0.25, 0.3) is 0 Å². The molecule has 5 heteroatoms. The summed E-state index contributed by atoms with van der Waals surface area (Å²) in [5.74, 6) is 0.147. The van der Waals surface area contributed by atoms with Gasteiger partial charge in [0.1, 0.15) is 18.2 Å². The molecule has 2 rings (SSSR count). The lowest BCUT2D eigenvalue weighted by atomic mass is 10.2. The second-order valence-electron chi connectivity index (χ2n) is 4.57. The van der Waals surface area contributed by atoms with Gasteiger partial charge in [-0.15, -0.1) is 0 Å². The van der Waals surface area contributed by atoms with Gasteiger partial charge in [-0.05, 0) is 36.4 Å². The highest BCUT2D eigenvalue weighted by Gasteiger charge is 2.07. The van der Waals surface area contributed by atoms with Crippen molar-refractivity contribution in [3.8, 4) is 5.75 Å². The van der Waals surface area contributed by atoms with Crippen LogP contribution in [-0.2, 0) is 13.2 Å². The third-order valence-corrected chi connectivity index (χ3v) is 3.50. The number of ether oxygens (including phenoxy) is 1. The maximum atomic E-state index is 13.7. The fraction of sp³-hybridized carbons (Fsp3) is 0.250. The van der Waals surface area contributed by atoms with Crippen molar-refractivity contribution in [3.05, 3.63) is 63.4 Å². The Kier molecular flexibility index (Phi) is 5.85. The number of rotatable bonds is 6. The number of hydrogen-bond acceptors (Lipinski definition) is 2. The van der Waals surface area contributed by atoms with Crippen molar-refractivity contribution in [2.75, 3.05) is 6.54 Å². The van der Waals surface area contributed by atoms with Crippen molar-refractivity contribution in [2.24, 2.45) is 0 Å². The van der Waals surface area contributed by atoms with E-state index in [-0.39, 0.29) is 12.4 Å². The SMILES string of the molecule is CCNCc1ccc(OCc2ccc(Cl)cc2F)c(Cl)c1. The molecule has 2 nitrogen and oxygen atoms in total. The molecule has 0 spiro atoms. The molecule has 1 N–H and O–H groups in total. The maximum Gasteiger partial charge on any atom is 0.138 e. The number of halogens is 3. The molecule has 0 fully saturated rings. The van der Waals surface area contributed by atoms with Crippen LogP contribution >= 0.6 is 23.2 Å². The van der Waals surface area contributed by atoms with Gasteiger partial charge in [-0.1, -0.05) is 42.3 Å². The van der Waals surface area contributed by atoms with Gasteiger partial charge in [-0.2, -0.15) is 0 Å². The second kappa shape index (κ2) is 7.64. The van der Waals surface area contributed by atoms with Crippen LogP contribution in [0.15, 0.2) is 36.4 Å². The van der Waals surface area contributed by atoms with Gasteiger partial charge in [0.15, 0.2) is 0 Å². The van der Waals surface area contributed by atoms with E-state index in [1.807, 2.05) is 19.1 Å². The van der Waals surface area contributed by atoms with E-state index < -0.39 is 0 Å². The molecule has 0 aromatic heterocycles. The molecule has 0 heterocycles. The third-order valence-electron chi connectivity index (χ3n) is 2.97. The van der Waals surface area contributed by atoms with Crippen LogP contribution in [0.1, 0.15) is 18.1 Å². The summed E-state index contributed by atoms with van der Waals surface area (Å²) in [4.78, 5) is 0. The first-order valence-corrected chi connectivity index (χ1v) is 7.41. The summed E-state index contributed by atoms with van der Waals surface area (Å²) in [6, 6.07) is 10.1. The minimum atomic E-state index is -0.387. The molecule has 0 aliphatic rings. The van der Waals surface area contributed by atoms with E-state index in [9.17, 15) is 4.39 Å². The predicted molar refractivity (Wildman–Crippen MR) is 84.6 cm³/mol. The minimum absolute atomic E-state index is 0.106. The number of nitrogens with one attached hydrogen (secondary N) is 1. The molecule has 0 saturated heterocycles. The molecule has 0 bridgehead atoms. The Bertz CT molecular complexity index is 619. The fourth-order valence-electron chi connectivity index (χ4n) is 1.83. The van der Waals surface area contributed by atoms with Crippen LogP contribution in [0.5, 0.6) is 5.75 Å². The Morgan fingerprint density at radius 1 is 1.14 bits per heavy atom. The van der Waals surface area contributed by atoms with E-state index in [1.165, 1.54) is 6.07 Å². The lowest BCUT2D eigenvalue weighted by Gasteiger charge is -2.10. The predicted octanol–water partition coefficient (Wildman–Crippen LogP) is 4.82. The summed E-state index contributed by atoms with van der Waals surface area (Å²) >= 11 is 11.9. The van der Waals surface area contributed by atoms with Gasteiger partial charge in [0.2, 0.25) is 0 Å². The second-order valence-corrected chi connectivity index (χ2v) is 5.41. The van der Waals surface area contributed by atoms with E-state index in [0.29, 0.717) is 21.4 Å². The van der Waals surface area contributed by atoms with Crippen molar-refractivity contribution >= 4 is 23.2 Å². The van der Waals surface area contributed by atoms with Gasteiger partial charge in [-0.25, -0.2) is 4.39 Å². The average Bonchev–Trinajstić information content (AvgIpc) is 2.45. The average molecular weight is 328 g/mol. The number of benzene rings is 2. The zero-order valence-electron chi connectivity index (χ0n) is 11.6. The van der Waals surface area contributed by atoms with Gasteiger partial charge >= 0.3 is 0 Å². The highest BCUT2D eigenvalue weighted by molar-refractivity contribution is 6.32. The van der Waals surface area contributed by atoms with Crippen LogP contribution in [0.2, 0.25) is 10.0 Å². The third kappa shape index (κ3) is 4.60. The molecule has 0 unspecified atom stereocenters. The standard InChI is InChI=1S/C16H16Cl2FNO/c1-2-20-9-11-3-6-16(14(18)7-11)21-10-12-4-5-13(17)8-15(12)19/h3-8,20H,2,9-10H2,1H3. The summed E-state index contributed by atoms with van der Waals surface area (Å²) in [5.41, 5.74) is 1.51. The first-order chi connectivity index (χ1) is 10.1.